The summed E-state index contributed by atoms with van der Waals surface area (Å²) in [6.07, 6.45) is 5.25. The fraction of sp³-hybridized carbons (Fsp3) is 0.478. The Hall–Kier alpha value is -2.58. The summed E-state index contributed by atoms with van der Waals surface area (Å²) in [5.74, 6) is 0.723. The quantitative estimate of drug-likeness (QED) is 0.417. The molecule has 1 aliphatic rings. The molecule has 2 aromatic rings. The van der Waals surface area contributed by atoms with Crippen molar-refractivity contribution in [2.75, 3.05) is 30.8 Å². The number of methoxy groups -OCH3 is 1. The fourth-order valence-corrected chi connectivity index (χ4v) is 4.24. The SMILES string of the molecule is COC(=O)CCCCC(=O)NC1(C)CCN(c2cnc(-c3cccc(Cl)c3Cl)c(N)n2)CC1. The number of amides is 1. The number of aromatic nitrogens is 2. The highest BCUT2D eigenvalue weighted by atomic mass is 35.5. The number of nitrogens with two attached hydrogens (primary N) is 1. The monoisotopic (exact) mass is 493 g/mol. The van der Waals surface area contributed by atoms with Crippen molar-refractivity contribution >= 4 is 46.7 Å². The van der Waals surface area contributed by atoms with Crippen molar-refractivity contribution in [3.05, 3.63) is 34.4 Å². The number of carbonyl (C=O) groups excluding carboxylic acids is 2. The van der Waals surface area contributed by atoms with Crippen LogP contribution in [0.5, 0.6) is 0 Å². The largest absolute Gasteiger partial charge is 0.469 e. The van der Waals surface area contributed by atoms with Crippen LogP contribution in [0.3, 0.4) is 0 Å². The molecule has 2 heterocycles. The molecule has 0 saturated carbocycles. The lowest BCUT2D eigenvalue weighted by Gasteiger charge is -2.40. The molecule has 1 aromatic heterocycles. The van der Waals surface area contributed by atoms with Crippen LogP contribution in [0.2, 0.25) is 10.0 Å². The second-order valence-electron chi connectivity index (χ2n) is 8.44. The maximum absolute atomic E-state index is 12.4. The van der Waals surface area contributed by atoms with E-state index in [4.69, 9.17) is 28.9 Å². The Balaban J connectivity index is 1.55. The van der Waals surface area contributed by atoms with Crippen LogP contribution in [0.25, 0.3) is 11.3 Å². The minimum Gasteiger partial charge on any atom is -0.469 e. The molecule has 3 rings (SSSR count). The van der Waals surface area contributed by atoms with E-state index in [1.54, 1.807) is 24.4 Å². The minimum absolute atomic E-state index is 0.00241. The summed E-state index contributed by atoms with van der Waals surface area (Å²) >= 11 is 12.4. The number of ether oxygens (including phenoxy) is 1. The average Bonchev–Trinajstić information content (AvgIpc) is 2.79. The first-order valence-electron chi connectivity index (χ1n) is 10.9. The molecule has 1 aromatic carbocycles. The van der Waals surface area contributed by atoms with Gasteiger partial charge < -0.3 is 20.7 Å². The third kappa shape index (κ3) is 6.48. The topological polar surface area (TPSA) is 110 Å². The number of nitrogens with zero attached hydrogens (tertiary/aromatic N) is 3. The van der Waals surface area contributed by atoms with Gasteiger partial charge in [-0.15, -0.1) is 0 Å². The van der Waals surface area contributed by atoms with Crippen molar-refractivity contribution in [2.45, 2.75) is 51.0 Å². The third-order valence-corrected chi connectivity index (χ3v) is 6.71. The molecule has 1 saturated heterocycles. The first-order chi connectivity index (χ1) is 15.7. The highest BCUT2D eigenvalue weighted by Gasteiger charge is 2.32. The Morgan fingerprint density at radius 2 is 1.91 bits per heavy atom. The molecule has 1 aliphatic heterocycles. The predicted molar refractivity (Wildman–Crippen MR) is 130 cm³/mol. The molecule has 8 nitrogen and oxygen atoms in total. The zero-order valence-electron chi connectivity index (χ0n) is 18.9. The maximum atomic E-state index is 12.4. The molecule has 33 heavy (non-hydrogen) atoms. The van der Waals surface area contributed by atoms with E-state index < -0.39 is 0 Å². The molecule has 0 radical (unpaired) electrons. The number of unbranched alkanes of at least 4 members (excludes halogenated alkanes) is 1. The molecule has 3 N–H and O–H groups in total. The van der Waals surface area contributed by atoms with Crippen molar-refractivity contribution in [1.29, 1.82) is 0 Å². The van der Waals surface area contributed by atoms with Gasteiger partial charge >= 0.3 is 5.97 Å². The molecule has 0 aliphatic carbocycles. The van der Waals surface area contributed by atoms with Gasteiger partial charge in [-0.05, 0) is 38.7 Å². The number of hydrogen-bond acceptors (Lipinski definition) is 7. The highest BCUT2D eigenvalue weighted by Crippen LogP contribution is 2.35. The summed E-state index contributed by atoms with van der Waals surface area (Å²) in [5.41, 5.74) is 7.04. The van der Waals surface area contributed by atoms with Crippen LogP contribution >= 0.6 is 23.2 Å². The van der Waals surface area contributed by atoms with E-state index in [1.807, 2.05) is 0 Å². The van der Waals surface area contributed by atoms with Crippen LogP contribution in [0.15, 0.2) is 24.4 Å². The number of halogens is 2. The summed E-state index contributed by atoms with van der Waals surface area (Å²) in [6, 6.07) is 5.30. The Bertz CT molecular complexity index is 1010. The van der Waals surface area contributed by atoms with E-state index >= 15 is 0 Å². The second kappa shape index (κ2) is 11.0. The van der Waals surface area contributed by atoms with Crippen LogP contribution in [-0.4, -0.2) is 47.6 Å². The summed E-state index contributed by atoms with van der Waals surface area (Å²) in [5, 5.41) is 3.98. The molecular formula is C23H29Cl2N5O3. The van der Waals surface area contributed by atoms with Gasteiger partial charge in [0.15, 0.2) is 5.82 Å². The van der Waals surface area contributed by atoms with Gasteiger partial charge in [0.1, 0.15) is 11.5 Å². The maximum Gasteiger partial charge on any atom is 0.305 e. The molecule has 0 unspecified atom stereocenters. The number of carbonyl (C=O) groups is 2. The predicted octanol–water partition coefficient (Wildman–Crippen LogP) is 4.24. The van der Waals surface area contributed by atoms with Crippen molar-refractivity contribution in [3.8, 4) is 11.3 Å². The van der Waals surface area contributed by atoms with Gasteiger partial charge in [0.2, 0.25) is 5.91 Å². The van der Waals surface area contributed by atoms with E-state index in [0.717, 1.165) is 12.8 Å². The molecule has 1 amide bonds. The second-order valence-corrected chi connectivity index (χ2v) is 9.23. The normalized spacial score (nSPS) is 15.2. The van der Waals surface area contributed by atoms with Crippen LogP contribution in [0.1, 0.15) is 45.4 Å². The summed E-state index contributed by atoms with van der Waals surface area (Å²) < 4.78 is 4.61. The molecule has 178 valence electrons. The van der Waals surface area contributed by atoms with Crippen molar-refractivity contribution in [1.82, 2.24) is 15.3 Å². The van der Waals surface area contributed by atoms with Gasteiger partial charge in [-0.3, -0.25) is 9.59 Å². The molecule has 0 bridgehead atoms. The number of benzene rings is 1. The van der Waals surface area contributed by atoms with Crippen LogP contribution < -0.4 is 16.0 Å². The Morgan fingerprint density at radius 1 is 1.21 bits per heavy atom. The lowest BCUT2D eigenvalue weighted by Crippen LogP contribution is -2.53. The van der Waals surface area contributed by atoms with Crippen molar-refractivity contribution in [3.63, 3.8) is 0 Å². The van der Waals surface area contributed by atoms with E-state index in [-0.39, 0.29) is 23.2 Å². The van der Waals surface area contributed by atoms with Gasteiger partial charge in [0.05, 0.1) is 23.4 Å². The zero-order valence-corrected chi connectivity index (χ0v) is 20.4. The van der Waals surface area contributed by atoms with Crippen molar-refractivity contribution < 1.29 is 14.3 Å². The zero-order chi connectivity index (χ0) is 24.0. The number of hydrogen-bond donors (Lipinski definition) is 2. The smallest absolute Gasteiger partial charge is 0.305 e. The van der Waals surface area contributed by atoms with Crippen LogP contribution in [0, 0.1) is 0 Å². The van der Waals surface area contributed by atoms with Gasteiger partial charge in [0, 0.05) is 37.0 Å². The Kier molecular flexibility index (Phi) is 8.37. The van der Waals surface area contributed by atoms with Gasteiger partial charge in [-0.2, -0.15) is 0 Å². The molecule has 0 atom stereocenters. The van der Waals surface area contributed by atoms with Gasteiger partial charge in [-0.25, -0.2) is 9.97 Å². The summed E-state index contributed by atoms with van der Waals surface area (Å²) in [6.45, 7) is 3.48. The lowest BCUT2D eigenvalue weighted by molar-refractivity contribution is -0.140. The first kappa shape index (κ1) is 25.1. The molecule has 1 fully saturated rings. The number of nitrogens with one attached hydrogen (secondary N) is 1. The number of esters is 1. The Morgan fingerprint density at radius 3 is 2.58 bits per heavy atom. The van der Waals surface area contributed by atoms with Crippen molar-refractivity contribution in [2.24, 2.45) is 0 Å². The highest BCUT2D eigenvalue weighted by molar-refractivity contribution is 6.43. The molecule has 0 spiro atoms. The van der Waals surface area contributed by atoms with E-state index in [9.17, 15) is 9.59 Å². The standard InChI is InChI=1S/C23H29Cl2N5O3/c1-23(29-18(31)8-3-4-9-19(32)33-2)10-12-30(13-11-23)17-14-27-21(22(26)28-17)15-6-5-7-16(24)20(15)25/h5-7,14H,3-4,8-13H2,1-2H3,(H2,26,28)(H,29,31). The Labute approximate surface area is 203 Å². The number of nitrogen functional groups attached to an aromatic ring is 1. The number of piperidine rings is 1. The third-order valence-electron chi connectivity index (χ3n) is 5.89. The van der Waals surface area contributed by atoms with Crippen LogP contribution in [0.4, 0.5) is 11.6 Å². The van der Waals surface area contributed by atoms with E-state index in [1.165, 1.54) is 7.11 Å². The van der Waals surface area contributed by atoms with E-state index in [2.05, 4.69) is 31.8 Å². The summed E-state index contributed by atoms with van der Waals surface area (Å²) in [7, 11) is 1.37. The lowest BCUT2D eigenvalue weighted by atomic mass is 9.89. The molecule has 10 heteroatoms. The fourth-order valence-electron chi connectivity index (χ4n) is 3.85. The average molecular weight is 494 g/mol. The van der Waals surface area contributed by atoms with Crippen LogP contribution in [-0.2, 0) is 14.3 Å². The first-order valence-corrected chi connectivity index (χ1v) is 11.7. The summed E-state index contributed by atoms with van der Waals surface area (Å²) in [4.78, 5) is 34.6. The minimum atomic E-state index is -0.289. The van der Waals surface area contributed by atoms with Gasteiger partial charge in [-0.1, -0.05) is 35.3 Å². The molecular weight excluding hydrogens is 465 g/mol. The number of rotatable bonds is 8. The number of anilines is 2. The van der Waals surface area contributed by atoms with E-state index in [0.29, 0.717) is 65.9 Å². The van der Waals surface area contributed by atoms with Gasteiger partial charge in [0.25, 0.3) is 0 Å².